The van der Waals surface area contributed by atoms with Crippen LogP contribution in [0.1, 0.15) is 17.7 Å². The van der Waals surface area contributed by atoms with Crippen LogP contribution in [0.2, 0.25) is 0 Å². The first-order chi connectivity index (χ1) is 6.34. The topological polar surface area (TPSA) is 34.2 Å². The summed E-state index contributed by atoms with van der Waals surface area (Å²) in [7, 11) is 0. The Morgan fingerprint density at radius 2 is 2.69 bits per heavy atom. The molecule has 1 aliphatic rings. The zero-order valence-electron chi connectivity index (χ0n) is 7.75. The van der Waals surface area contributed by atoms with E-state index in [9.17, 15) is 0 Å². The van der Waals surface area contributed by atoms with E-state index in [1.165, 1.54) is 17.7 Å². The number of anilines is 1. The van der Waals surface area contributed by atoms with E-state index >= 15 is 0 Å². The zero-order valence-corrected chi connectivity index (χ0v) is 8.56. The van der Waals surface area contributed by atoms with Crippen molar-refractivity contribution >= 4 is 16.5 Å². The van der Waals surface area contributed by atoms with Crippen LogP contribution in [0.15, 0.2) is 6.20 Å². The molecule has 3 nitrogen and oxygen atoms in total. The number of hydrogen-bond acceptors (Lipinski definition) is 4. The maximum atomic E-state index is 5.50. The molecule has 13 heavy (non-hydrogen) atoms. The minimum absolute atomic E-state index is 0.393. The van der Waals surface area contributed by atoms with Gasteiger partial charge in [-0.3, -0.25) is 0 Å². The van der Waals surface area contributed by atoms with Gasteiger partial charge in [0.1, 0.15) is 0 Å². The highest BCUT2D eigenvalue weighted by Gasteiger charge is 2.15. The van der Waals surface area contributed by atoms with Crippen molar-refractivity contribution in [3.05, 3.63) is 11.1 Å². The molecule has 1 atom stereocenters. The fourth-order valence-corrected chi connectivity index (χ4v) is 2.11. The van der Waals surface area contributed by atoms with E-state index in [1.54, 1.807) is 11.3 Å². The summed E-state index contributed by atoms with van der Waals surface area (Å²) in [5.74, 6) is 0. The van der Waals surface area contributed by atoms with Gasteiger partial charge >= 0.3 is 0 Å². The van der Waals surface area contributed by atoms with Crippen LogP contribution in [0.3, 0.4) is 0 Å². The molecule has 2 heterocycles. The largest absolute Gasteiger partial charge is 0.376 e. The monoisotopic (exact) mass is 198 g/mol. The number of rotatable bonds is 3. The number of hydrogen-bond donors (Lipinski definition) is 1. The van der Waals surface area contributed by atoms with Gasteiger partial charge in [-0.2, -0.15) is 0 Å². The van der Waals surface area contributed by atoms with Crippen molar-refractivity contribution in [1.29, 1.82) is 0 Å². The van der Waals surface area contributed by atoms with Crippen LogP contribution in [0, 0.1) is 6.92 Å². The maximum absolute atomic E-state index is 5.50. The van der Waals surface area contributed by atoms with Gasteiger partial charge in [0.25, 0.3) is 0 Å². The van der Waals surface area contributed by atoms with Crippen LogP contribution in [0.5, 0.6) is 0 Å². The predicted molar refractivity (Wildman–Crippen MR) is 54.3 cm³/mol. The van der Waals surface area contributed by atoms with Crippen LogP contribution < -0.4 is 5.32 Å². The third-order valence-corrected chi connectivity index (χ3v) is 3.00. The Balaban J connectivity index is 1.78. The summed E-state index contributed by atoms with van der Waals surface area (Å²) in [5.41, 5.74) is 0. The van der Waals surface area contributed by atoms with E-state index in [4.69, 9.17) is 4.74 Å². The van der Waals surface area contributed by atoms with Gasteiger partial charge < -0.3 is 10.1 Å². The van der Waals surface area contributed by atoms with Crippen molar-refractivity contribution in [2.75, 3.05) is 18.5 Å². The van der Waals surface area contributed by atoms with Gasteiger partial charge in [0.05, 0.1) is 6.10 Å². The highest BCUT2D eigenvalue weighted by Crippen LogP contribution is 2.18. The molecule has 0 radical (unpaired) electrons. The fraction of sp³-hybridized carbons (Fsp3) is 0.667. The first kappa shape index (κ1) is 8.97. The minimum Gasteiger partial charge on any atom is -0.376 e. The molecule has 0 amide bonds. The lowest BCUT2D eigenvalue weighted by Crippen LogP contribution is -2.18. The Bertz CT molecular complexity index is 268. The van der Waals surface area contributed by atoms with Gasteiger partial charge in [-0.15, -0.1) is 11.3 Å². The molecule has 1 N–H and O–H groups in total. The Labute approximate surface area is 82.1 Å². The Morgan fingerprint density at radius 3 is 3.31 bits per heavy atom. The number of nitrogens with one attached hydrogen (secondary N) is 1. The molecule has 1 unspecified atom stereocenters. The normalized spacial score (nSPS) is 22.1. The smallest absolute Gasteiger partial charge is 0.182 e. The van der Waals surface area contributed by atoms with Crippen molar-refractivity contribution in [3.8, 4) is 0 Å². The summed E-state index contributed by atoms with van der Waals surface area (Å²) >= 11 is 1.69. The number of nitrogens with zero attached hydrogens (tertiary/aromatic N) is 1. The van der Waals surface area contributed by atoms with E-state index in [1.807, 2.05) is 6.20 Å². The van der Waals surface area contributed by atoms with Gasteiger partial charge in [-0.1, -0.05) is 0 Å². The highest BCUT2D eigenvalue weighted by molar-refractivity contribution is 7.15. The van der Waals surface area contributed by atoms with Crippen LogP contribution in [0.25, 0.3) is 0 Å². The van der Waals surface area contributed by atoms with E-state index in [0.717, 1.165) is 18.3 Å². The summed E-state index contributed by atoms with van der Waals surface area (Å²) in [6, 6.07) is 0. The molecule has 1 aromatic rings. The van der Waals surface area contributed by atoms with E-state index in [-0.39, 0.29) is 0 Å². The molecule has 1 aliphatic heterocycles. The van der Waals surface area contributed by atoms with Gasteiger partial charge in [0, 0.05) is 24.2 Å². The molecule has 0 aromatic carbocycles. The maximum Gasteiger partial charge on any atom is 0.182 e. The zero-order chi connectivity index (χ0) is 9.10. The quantitative estimate of drug-likeness (QED) is 0.807. The average molecular weight is 198 g/mol. The summed E-state index contributed by atoms with van der Waals surface area (Å²) in [5, 5.41) is 4.30. The summed E-state index contributed by atoms with van der Waals surface area (Å²) in [6.07, 6.45) is 4.66. The second-order valence-electron chi connectivity index (χ2n) is 3.29. The first-order valence-corrected chi connectivity index (χ1v) is 5.44. The summed E-state index contributed by atoms with van der Waals surface area (Å²) in [4.78, 5) is 5.47. The molecule has 1 aromatic heterocycles. The van der Waals surface area contributed by atoms with E-state index < -0.39 is 0 Å². The van der Waals surface area contributed by atoms with Gasteiger partial charge in [-0.25, -0.2) is 4.98 Å². The lowest BCUT2D eigenvalue weighted by atomic mass is 10.2. The van der Waals surface area contributed by atoms with Gasteiger partial charge in [-0.05, 0) is 19.8 Å². The highest BCUT2D eigenvalue weighted by atomic mass is 32.1. The summed E-state index contributed by atoms with van der Waals surface area (Å²) in [6.45, 7) is 3.88. The number of thiazole rings is 1. The molecule has 0 aliphatic carbocycles. The molecular formula is C9H14N2OS. The van der Waals surface area contributed by atoms with Crippen molar-refractivity contribution in [1.82, 2.24) is 4.98 Å². The lowest BCUT2D eigenvalue weighted by Gasteiger charge is -2.08. The molecule has 1 saturated heterocycles. The van der Waals surface area contributed by atoms with Crippen LogP contribution in [-0.2, 0) is 4.74 Å². The van der Waals surface area contributed by atoms with Gasteiger partial charge in [0.15, 0.2) is 5.13 Å². The van der Waals surface area contributed by atoms with E-state index in [0.29, 0.717) is 6.10 Å². The van der Waals surface area contributed by atoms with Gasteiger partial charge in [0.2, 0.25) is 0 Å². The number of aryl methyl sites for hydroxylation is 1. The molecule has 4 heteroatoms. The van der Waals surface area contributed by atoms with Crippen LogP contribution in [0.4, 0.5) is 5.13 Å². The van der Waals surface area contributed by atoms with E-state index in [2.05, 4.69) is 17.2 Å². The number of ether oxygens (including phenoxy) is 1. The van der Waals surface area contributed by atoms with Crippen LogP contribution in [-0.4, -0.2) is 24.2 Å². The molecule has 0 spiro atoms. The predicted octanol–water partition coefficient (Wildman–Crippen LogP) is 2.04. The van der Waals surface area contributed by atoms with Crippen molar-refractivity contribution < 1.29 is 4.74 Å². The molecule has 0 bridgehead atoms. The number of aromatic nitrogens is 1. The summed E-state index contributed by atoms with van der Waals surface area (Å²) < 4.78 is 5.50. The van der Waals surface area contributed by atoms with Crippen molar-refractivity contribution in [3.63, 3.8) is 0 Å². The fourth-order valence-electron chi connectivity index (χ4n) is 1.44. The Hall–Kier alpha value is -0.610. The lowest BCUT2D eigenvalue weighted by molar-refractivity contribution is 0.120. The Kier molecular flexibility index (Phi) is 2.80. The molecule has 1 fully saturated rings. The van der Waals surface area contributed by atoms with Crippen molar-refractivity contribution in [2.24, 2.45) is 0 Å². The SMILES string of the molecule is Cc1cnc(NCC2CCCO2)s1. The second kappa shape index (κ2) is 4.07. The Morgan fingerprint density at radius 1 is 1.77 bits per heavy atom. The van der Waals surface area contributed by atoms with Crippen LogP contribution >= 0.6 is 11.3 Å². The van der Waals surface area contributed by atoms with Crippen molar-refractivity contribution in [2.45, 2.75) is 25.9 Å². The molecule has 2 rings (SSSR count). The third kappa shape index (κ3) is 2.42. The first-order valence-electron chi connectivity index (χ1n) is 4.62. The molecule has 72 valence electrons. The molecular weight excluding hydrogens is 184 g/mol. The third-order valence-electron chi connectivity index (χ3n) is 2.13. The minimum atomic E-state index is 0.393. The standard InChI is InChI=1S/C9H14N2OS/c1-7-5-10-9(13-7)11-6-8-3-2-4-12-8/h5,8H,2-4,6H2,1H3,(H,10,11). The second-order valence-corrected chi connectivity index (χ2v) is 4.53. The molecule has 0 saturated carbocycles. The average Bonchev–Trinajstić information content (AvgIpc) is 2.71.